The lowest BCUT2D eigenvalue weighted by atomic mass is 10.2. The van der Waals surface area contributed by atoms with Crippen molar-refractivity contribution in [2.45, 2.75) is 20.1 Å². The van der Waals surface area contributed by atoms with Gasteiger partial charge in [-0.25, -0.2) is 4.79 Å². The van der Waals surface area contributed by atoms with E-state index in [1.165, 1.54) is 0 Å². The Balaban J connectivity index is 1.80. The zero-order valence-electron chi connectivity index (χ0n) is 11.2. The van der Waals surface area contributed by atoms with Crippen LogP contribution < -0.4 is 0 Å². The Labute approximate surface area is 116 Å². The molecule has 2 heterocycles. The maximum atomic E-state index is 12.0. The van der Waals surface area contributed by atoms with E-state index in [0.29, 0.717) is 5.56 Å². The lowest BCUT2D eigenvalue weighted by Crippen LogP contribution is -2.11. The number of aryl methyl sites for hydroxylation is 1. The van der Waals surface area contributed by atoms with E-state index in [9.17, 15) is 4.79 Å². The van der Waals surface area contributed by atoms with Crippen molar-refractivity contribution in [2.75, 3.05) is 0 Å². The molecule has 0 radical (unpaired) electrons. The minimum Gasteiger partial charge on any atom is -0.463 e. The van der Waals surface area contributed by atoms with E-state index in [4.69, 9.17) is 9.15 Å². The fourth-order valence-corrected chi connectivity index (χ4v) is 2.26. The van der Waals surface area contributed by atoms with E-state index in [2.05, 4.69) is 6.92 Å². The Hall–Kier alpha value is -2.49. The van der Waals surface area contributed by atoms with Gasteiger partial charge in [-0.15, -0.1) is 0 Å². The Morgan fingerprint density at radius 3 is 2.80 bits per heavy atom. The van der Waals surface area contributed by atoms with Crippen molar-refractivity contribution in [3.8, 4) is 0 Å². The second-order valence-corrected chi connectivity index (χ2v) is 4.51. The smallest absolute Gasteiger partial charge is 0.339 e. The van der Waals surface area contributed by atoms with Crippen LogP contribution in [-0.4, -0.2) is 10.5 Å². The van der Waals surface area contributed by atoms with Crippen LogP contribution in [0.2, 0.25) is 0 Å². The normalized spacial score (nSPS) is 10.8. The van der Waals surface area contributed by atoms with Crippen molar-refractivity contribution >= 4 is 17.1 Å². The first kappa shape index (κ1) is 12.5. The number of ether oxygens (including phenoxy) is 1. The molecule has 0 unspecified atom stereocenters. The Morgan fingerprint density at radius 2 is 2.05 bits per heavy atom. The first-order valence-corrected chi connectivity index (χ1v) is 6.57. The summed E-state index contributed by atoms with van der Waals surface area (Å²) in [6, 6.07) is 12.8. The van der Waals surface area contributed by atoms with Crippen LogP contribution in [0.5, 0.6) is 0 Å². The zero-order chi connectivity index (χ0) is 13.9. The fourth-order valence-electron chi connectivity index (χ4n) is 2.26. The average Bonchev–Trinajstić information content (AvgIpc) is 3.06. The minimum atomic E-state index is -0.321. The maximum Gasteiger partial charge on any atom is 0.339 e. The Bertz CT molecular complexity index is 725. The number of hydrogen-bond donors (Lipinski definition) is 0. The molecule has 0 N–H and O–H groups in total. The van der Waals surface area contributed by atoms with Gasteiger partial charge >= 0.3 is 5.97 Å². The molecular formula is C16H15NO3. The van der Waals surface area contributed by atoms with E-state index < -0.39 is 0 Å². The van der Waals surface area contributed by atoms with Gasteiger partial charge in [-0.05, 0) is 18.6 Å². The van der Waals surface area contributed by atoms with Crippen LogP contribution in [0.15, 0.2) is 53.1 Å². The molecule has 0 fully saturated rings. The number of carbonyl (C=O) groups is 1. The standard InChI is InChI=1S/C16H15NO3/c1-2-13-10-15-14(8-9-19-15)17(13)11-20-16(18)12-6-4-3-5-7-12/h3-10H,2,11H2,1H3. The number of fused-ring (bicyclic) bond motifs is 1. The summed E-state index contributed by atoms with van der Waals surface area (Å²) >= 11 is 0. The summed E-state index contributed by atoms with van der Waals surface area (Å²) in [5, 5.41) is 0. The predicted molar refractivity (Wildman–Crippen MR) is 75.4 cm³/mol. The molecule has 0 atom stereocenters. The summed E-state index contributed by atoms with van der Waals surface area (Å²) in [5.41, 5.74) is 3.40. The molecule has 20 heavy (non-hydrogen) atoms. The van der Waals surface area contributed by atoms with Gasteiger partial charge in [0, 0.05) is 17.8 Å². The summed E-state index contributed by atoms with van der Waals surface area (Å²) in [7, 11) is 0. The average molecular weight is 269 g/mol. The van der Waals surface area contributed by atoms with Crippen molar-refractivity contribution in [1.82, 2.24) is 4.57 Å². The van der Waals surface area contributed by atoms with Gasteiger partial charge < -0.3 is 13.7 Å². The van der Waals surface area contributed by atoms with Gasteiger partial charge in [-0.2, -0.15) is 0 Å². The van der Waals surface area contributed by atoms with Crippen molar-refractivity contribution in [1.29, 1.82) is 0 Å². The van der Waals surface area contributed by atoms with E-state index in [1.54, 1.807) is 18.4 Å². The molecule has 0 bridgehead atoms. The van der Waals surface area contributed by atoms with E-state index in [1.807, 2.05) is 34.9 Å². The highest BCUT2D eigenvalue weighted by Gasteiger charge is 2.12. The number of rotatable bonds is 4. The molecule has 0 amide bonds. The first-order chi connectivity index (χ1) is 9.79. The molecule has 4 nitrogen and oxygen atoms in total. The fraction of sp³-hybridized carbons (Fsp3) is 0.188. The molecule has 3 aromatic rings. The molecule has 0 saturated heterocycles. The lowest BCUT2D eigenvalue weighted by molar-refractivity contribution is 0.0376. The van der Waals surface area contributed by atoms with Crippen LogP contribution in [-0.2, 0) is 17.9 Å². The second kappa shape index (κ2) is 5.25. The summed E-state index contributed by atoms with van der Waals surface area (Å²) in [6.07, 6.45) is 2.49. The summed E-state index contributed by atoms with van der Waals surface area (Å²) in [4.78, 5) is 12.0. The van der Waals surface area contributed by atoms with Gasteiger partial charge in [-0.3, -0.25) is 0 Å². The monoisotopic (exact) mass is 269 g/mol. The number of benzene rings is 1. The van der Waals surface area contributed by atoms with Crippen molar-refractivity contribution in [3.63, 3.8) is 0 Å². The van der Waals surface area contributed by atoms with Crippen LogP contribution in [0.3, 0.4) is 0 Å². The number of hydrogen-bond acceptors (Lipinski definition) is 3. The molecule has 102 valence electrons. The van der Waals surface area contributed by atoms with Crippen molar-refractivity contribution in [3.05, 3.63) is 60.0 Å². The molecular weight excluding hydrogens is 254 g/mol. The highest BCUT2D eigenvalue weighted by atomic mass is 16.5. The van der Waals surface area contributed by atoms with Crippen LogP contribution >= 0.6 is 0 Å². The third-order valence-electron chi connectivity index (χ3n) is 3.31. The SMILES string of the molecule is CCc1cc2occc2n1COC(=O)c1ccccc1. The molecule has 3 rings (SSSR count). The van der Waals surface area contributed by atoms with E-state index in [-0.39, 0.29) is 12.7 Å². The molecule has 0 aliphatic carbocycles. The third kappa shape index (κ3) is 2.20. The number of carbonyl (C=O) groups excluding carboxylic acids is 1. The van der Waals surface area contributed by atoms with Crippen LogP contribution in [0.25, 0.3) is 11.1 Å². The van der Waals surface area contributed by atoms with Gasteiger partial charge in [0.05, 0.1) is 17.3 Å². The quantitative estimate of drug-likeness (QED) is 0.679. The molecule has 1 aromatic carbocycles. The molecule has 0 spiro atoms. The summed E-state index contributed by atoms with van der Waals surface area (Å²) in [6.45, 7) is 2.25. The van der Waals surface area contributed by atoms with Gasteiger partial charge in [-0.1, -0.05) is 25.1 Å². The molecule has 2 aromatic heterocycles. The third-order valence-corrected chi connectivity index (χ3v) is 3.31. The summed E-state index contributed by atoms with van der Waals surface area (Å²) < 4.78 is 12.7. The van der Waals surface area contributed by atoms with Crippen LogP contribution in [0, 0.1) is 0 Å². The van der Waals surface area contributed by atoms with E-state index in [0.717, 1.165) is 23.2 Å². The molecule has 0 aliphatic heterocycles. The topological polar surface area (TPSA) is 44.4 Å². The Kier molecular flexibility index (Phi) is 3.29. The number of furan rings is 1. The number of aromatic nitrogens is 1. The first-order valence-electron chi connectivity index (χ1n) is 6.57. The minimum absolute atomic E-state index is 0.194. The highest BCUT2D eigenvalue weighted by molar-refractivity contribution is 5.89. The molecule has 0 saturated carbocycles. The zero-order valence-corrected chi connectivity index (χ0v) is 11.2. The molecule has 4 heteroatoms. The maximum absolute atomic E-state index is 12.0. The Morgan fingerprint density at radius 1 is 1.25 bits per heavy atom. The van der Waals surface area contributed by atoms with Crippen LogP contribution in [0.4, 0.5) is 0 Å². The highest BCUT2D eigenvalue weighted by Crippen LogP contribution is 2.21. The van der Waals surface area contributed by atoms with Gasteiger partial charge in [0.25, 0.3) is 0 Å². The molecule has 0 aliphatic rings. The lowest BCUT2D eigenvalue weighted by Gasteiger charge is -2.09. The van der Waals surface area contributed by atoms with Crippen LogP contribution in [0.1, 0.15) is 23.0 Å². The number of nitrogens with zero attached hydrogens (tertiary/aromatic N) is 1. The largest absolute Gasteiger partial charge is 0.463 e. The van der Waals surface area contributed by atoms with E-state index >= 15 is 0 Å². The summed E-state index contributed by atoms with van der Waals surface area (Å²) in [5.74, 6) is -0.321. The second-order valence-electron chi connectivity index (χ2n) is 4.51. The van der Waals surface area contributed by atoms with Crippen molar-refractivity contribution in [2.24, 2.45) is 0 Å². The number of esters is 1. The van der Waals surface area contributed by atoms with Gasteiger partial charge in [0.1, 0.15) is 0 Å². The van der Waals surface area contributed by atoms with Crippen molar-refractivity contribution < 1.29 is 13.9 Å². The van der Waals surface area contributed by atoms with Gasteiger partial charge in [0.15, 0.2) is 12.3 Å². The predicted octanol–water partition coefficient (Wildman–Crippen LogP) is 3.61. The van der Waals surface area contributed by atoms with Gasteiger partial charge in [0.2, 0.25) is 0 Å².